The van der Waals surface area contributed by atoms with Crippen molar-refractivity contribution in [2.45, 2.75) is 26.8 Å². The van der Waals surface area contributed by atoms with Gasteiger partial charge in [0.05, 0.1) is 11.0 Å². The van der Waals surface area contributed by atoms with Crippen LogP contribution in [0.1, 0.15) is 26.0 Å². The molecule has 1 heterocycles. The molecule has 0 saturated heterocycles. The molecule has 1 N–H and O–H groups in total. The monoisotopic (exact) mass is 335 g/mol. The Labute approximate surface area is 107 Å². The van der Waals surface area contributed by atoms with E-state index < -0.39 is 0 Å². The maximum Gasteiger partial charge on any atom is 0.183 e. The molecule has 1 aromatic heterocycles. The molecule has 1 unspecified atom stereocenters. The summed E-state index contributed by atoms with van der Waals surface area (Å²) in [6.45, 7) is 6.53. The number of hydrogen-bond acceptors (Lipinski definition) is 2. The van der Waals surface area contributed by atoms with Gasteiger partial charge in [-0.3, -0.25) is 0 Å². The minimum atomic E-state index is 0.553. The molecule has 0 spiro atoms. The van der Waals surface area contributed by atoms with Gasteiger partial charge in [0, 0.05) is 0 Å². The molecule has 1 saturated carbocycles. The molecule has 1 aliphatic carbocycles. The Bertz CT molecular complexity index is 340. The highest BCUT2D eigenvalue weighted by atomic mass is 79.9. The summed E-state index contributed by atoms with van der Waals surface area (Å²) in [5.74, 6) is 1.80. The molecule has 15 heavy (non-hydrogen) atoms. The molecule has 4 heteroatoms. The summed E-state index contributed by atoms with van der Waals surface area (Å²) in [5, 5.41) is 3.42. The molecular weight excluding hydrogens is 322 g/mol. The molecule has 1 atom stereocenters. The average molecular weight is 337 g/mol. The molecule has 0 radical (unpaired) electrons. The third kappa shape index (κ3) is 2.86. The number of rotatable bonds is 4. The molecule has 1 fully saturated rings. The number of hydrogen-bond donors (Lipinski definition) is 1. The predicted octanol–water partition coefficient (Wildman–Crippen LogP) is 3.94. The highest BCUT2D eigenvalue weighted by molar-refractivity contribution is 9.13. The van der Waals surface area contributed by atoms with Gasteiger partial charge in [0.1, 0.15) is 5.76 Å². The average Bonchev–Trinajstić information content (AvgIpc) is 2.59. The van der Waals surface area contributed by atoms with E-state index in [1.165, 1.54) is 6.42 Å². The van der Waals surface area contributed by atoms with Crippen molar-refractivity contribution in [1.29, 1.82) is 0 Å². The molecule has 1 aliphatic rings. The van der Waals surface area contributed by atoms with Crippen LogP contribution in [0.5, 0.6) is 0 Å². The van der Waals surface area contributed by atoms with E-state index in [1.54, 1.807) is 0 Å². The van der Waals surface area contributed by atoms with E-state index >= 15 is 0 Å². The van der Waals surface area contributed by atoms with Crippen LogP contribution >= 0.6 is 31.9 Å². The van der Waals surface area contributed by atoms with Crippen LogP contribution in [0.15, 0.2) is 19.6 Å². The second-order valence-electron chi connectivity index (χ2n) is 4.85. The van der Waals surface area contributed by atoms with Crippen LogP contribution in [-0.2, 0) is 6.54 Å². The van der Waals surface area contributed by atoms with E-state index in [0.29, 0.717) is 5.41 Å². The first kappa shape index (κ1) is 11.7. The first-order valence-corrected chi connectivity index (χ1v) is 6.72. The van der Waals surface area contributed by atoms with Crippen molar-refractivity contribution < 1.29 is 4.42 Å². The highest BCUT2D eigenvalue weighted by Crippen LogP contribution is 2.50. The van der Waals surface area contributed by atoms with Gasteiger partial charge in [0.2, 0.25) is 0 Å². The van der Waals surface area contributed by atoms with Gasteiger partial charge < -0.3 is 9.73 Å². The van der Waals surface area contributed by atoms with Gasteiger partial charge in [-0.05, 0) is 62.2 Å². The second-order valence-corrected chi connectivity index (χ2v) is 6.43. The maximum atomic E-state index is 5.48. The van der Waals surface area contributed by atoms with Gasteiger partial charge >= 0.3 is 0 Å². The van der Waals surface area contributed by atoms with Gasteiger partial charge in [-0.15, -0.1) is 0 Å². The Morgan fingerprint density at radius 2 is 2.20 bits per heavy atom. The highest BCUT2D eigenvalue weighted by Gasteiger charge is 2.44. The Balaban J connectivity index is 1.75. The molecule has 2 rings (SSSR count). The fraction of sp³-hybridized carbons (Fsp3) is 0.636. The SMILES string of the molecule is CC1(C)CC1CNCc1cc(Br)c(Br)o1. The lowest BCUT2D eigenvalue weighted by atomic mass is 10.1. The summed E-state index contributed by atoms with van der Waals surface area (Å²) in [5.41, 5.74) is 0.553. The topological polar surface area (TPSA) is 25.2 Å². The van der Waals surface area contributed by atoms with Crippen molar-refractivity contribution in [3.05, 3.63) is 21.0 Å². The summed E-state index contributed by atoms with van der Waals surface area (Å²) in [6, 6.07) is 2.00. The smallest absolute Gasteiger partial charge is 0.183 e. The summed E-state index contributed by atoms with van der Waals surface area (Å²) in [4.78, 5) is 0. The minimum Gasteiger partial charge on any atom is -0.452 e. The van der Waals surface area contributed by atoms with E-state index in [1.807, 2.05) is 6.07 Å². The zero-order chi connectivity index (χ0) is 11.1. The van der Waals surface area contributed by atoms with Gasteiger partial charge in [0.15, 0.2) is 4.67 Å². The Kier molecular flexibility index (Phi) is 3.29. The normalized spacial score (nSPS) is 23.1. The Morgan fingerprint density at radius 1 is 1.53 bits per heavy atom. The first-order valence-electron chi connectivity index (χ1n) is 5.13. The number of furan rings is 1. The van der Waals surface area contributed by atoms with Crippen molar-refractivity contribution in [2.75, 3.05) is 6.54 Å². The van der Waals surface area contributed by atoms with E-state index in [9.17, 15) is 0 Å². The van der Waals surface area contributed by atoms with Crippen LogP contribution in [0.4, 0.5) is 0 Å². The van der Waals surface area contributed by atoms with Gasteiger partial charge in [-0.2, -0.15) is 0 Å². The lowest BCUT2D eigenvalue weighted by molar-refractivity contribution is 0.449. The molecule has 1 aromatic rings. The zero-order valence-corrected chi connectivity index (χ0v) is 12.1. The maximum absolute atomic E-state index is 5.48. The molecule has 84 valence electrons. The lowest BCUT2D eigenvalue weighted by Gasteiger charge is -2.04. The minimum absolute atomic E-state index is 0.553. The largest absolute Gasteiger partial charge is 0.452 e. The van der Waals surface area contributed by atoms with E-state index in [4.69, 9.17) is 4.42 Å². The van der Waals surface area contributed by atoms with Crippen molar-refractivity contribution in [3.8, 4) is 0 Å². The van der Waals surface area contributed by atoms with E-state index in [2.05, 4.69) is 51.0 Å². The molecule has 0 amide bonds. The second kappa shape index (κ2) is 4.22. The standard InChI is InChI=1S/C11H15Br2NO/c1-11(2)4-7(11)5-14-6-8-3-9(12)10(13)15-8/h3,7,14H,4-6H2,1-2H3. The Hall–Kier alpha value is 0.200. The molecule has 0 bridgehead atoms. The first-order chi connectivity index (χ1) is 6.99. The molecular formula is C11H15Br2NO. The predicted molar refractivity (Wildman–Crippen MR) is 67.7 cm³/mol. The molecule has 0 aromatic carbocycles. The quantitative estimate of drug-likeness (QED) is 0.900. The summed E-state index contributed by atoms with van der Waals surface area (Å²) in [6.07, 6.45) is 1.34. The summed E-state index contributed by atoms with van der Waals surface area (Å²) in [7, 11) is 0. The van der Waals surface area contributed by atoms with Gasteiger partial charge in [-0.25, -0.2) is 0 Å². The van der Waals surface area contributed by atoms with Crippen LogP contribution < -0.4 is 5.32 Å². The summed E-state index contributed by atoms with van der Waals surface area (Å²) >= 11 is 6.72. The zero-order valence-electron chi connectivity index (χ0n) is 8.94. The van der Waals surface area contributed by atoms with Crippen molar-refractivity contribution >= 4 is 31.9 Å². The fourth-order valence-electron chi connectivity index (χ4n) is 1.77. The fourth-order valence-corrected chi connectivity index (χ4v) is 2.43. The third-order valence-electron chi connectivity index (χ3n) is 3.10. The van der Waals surface area contributed by atoms with Crippen molar-refractivity contribution in [1.82, 2.24) is 5.32 Å². The number of nitrogens with one attached hydrogen (secondary N) is 1. The van der Waals surface area contributed by atoms with E-state index in [-0.39, 0.29) is 0 Å². The summed E-state index contributed by atoms with van der Waals surface area (Å²) < 4.78 is 7.22. The Morgan fingerprint density at radius 3 is 2.67 bits per heavy atom. The number of halogens is 2. The lowest BCUT2D eigenvalue weighted by Crippen LogP contribution is -2.17. The molecule has 2 nitrogen and oxygen atoms in total. The van der Waals surface area contributed by atoms with Crippen molar-refractivity contribution in [3.63, 3.8) is 0 Å². The molecule has 0 aliphatic heterocycles. The van der Waals surface area contributed by atoms with Crippen LogP contribution in [0.3, 0.4) is 0 Å². The van der Waals surface area contributed by atoms with Crippen LogP contribution in [0, 0.1) is 11.3 Å². The van der Waals surface area contributed by atoms with Crippen LogP contribution in [-0.4, -0.2) is 6.54 Å². The van der Waals surface area contributed by atoms with Crippen LogP contribution in [0.25, 0.3) is 0 Å². The van der Waals surface area contributed by atoms with E-state index in [0.717, 1.165) is 33.9 Å². The van der Waals surface area contributed by atoms with Crippen LogP contribution in [0.2, 0.25) is 0 Å². The van der Waals surface area contributed by atoms with Crippen molar-refractivity contribution in [2.24, 2.45) is 11.3 Å². The van der Waals surface area contributed by atoms with Gasteiger partial charge in [-0.1, -0.05) is 13.8 Å². The third-order valence-corrected chi connectivity index (χ3v) is 4.81. The van der Waals surface area contributed by atoms with Gasteiger partial charge in [0.25, 0.3) is 0 Å².